The smallest absolute Gasteiger partial charge is 0.128 e. The fourth-order valence-electron chi connectivity index (χ4n) is 2.13. The van der Waals surface area contributed by atoms with Crippen LogP contribution >= 0.6 is 0 Å². The van der Waals surface area contributed by atoms with Gasteiger partial charge in [-0.2, -0.15) is 0 Å². The summed E-state index contributed by atoms with van der Waals surface area (Å²) >= 11 is 0. The van der Waals surface area contributed by atoms with E-state index in [9.17, 15) is 4.39 Å². The van der Waals surface area contributed by atoms with Gasteiger partial charge in [0.1, 0.15) is 18.2 Å². The Kier molecular flexibility index (Phi) is 3.97. The van der Waals surface area contributed by atoms with E-state index in [0.717, 1.165) is 16.7 Å². The number of hydrogen-bond acceptors (Lipinski definition) is 1. The minimum atomic E-state index is -0.252. The average molecular weight is 277 g/mol. The lowest BCUT2D eigenvalue weighted by molar-refractivity contribution is 0.305. The Balaban J connectivity index is 1.75. The average Bonchev–Trinajstić information content (AvgIpc) is 2.54. The highest BCUT2D eigenvalue weighted by atomic mass is 19.1. The summed E-state index contributed by atoms with van der Waals surface area (Å²) in [6, 6.07) is 25.3. The zero-order valence-corrected chi connectivity index (χ0v) is 11.4. The van der Waals surface area contributed by atoms with Crippen LogP contribution in [0, 0.1) is 11.9 Å². The van der Waals surface area contributed by atoms with Crippen LogP contribution in [0.1, 0.15) is 5.56 Å². The van der Waals surface area contributed by atoms with Gasteiger partial charge in [0.15, 0.2) is 0 Å². The van der Waals surface area contributed by atoms with Crippen LogP contribution < -0.4 is 4.74 Å². The number of ether oxygens (including phenoxy) is 1. The van der Waals surface area contributed by atoms with Crippen molar-refractivity contribution >= 4 is 0 Å². The van der Waals surface area contributed by atoms with Crippen LogP contribution in [-0.4, -0.2) is 0 Å². The van der Waals surface area contributed by atoms with Gasteiger partial charge in [-0.25, -0.2) is 4.39 Å². The maximum absolute atomic E-state index is 13.1. The maximum Gasteiger partial charge on any atom is 0.128 e. The second kappa shape index (κ2) is 6.23. The molecule has 0 atom stereocenters. The molecule has 21 heavy (non-hydrogen) atoms. The van der Waals surface area contributed by atoms with Crippen molar-refractivity contribution in [1.82, 2.24) is 0 Å². The first kappa shape index (κ1) is 13.4. The van der Waals surface area contributed by atoms with Crippen LogP contribution in [0.25, 0.3) is 11.1 Å². The van der Waals surface area contributed by atoms with Crippen molar-refractivity contribution in [3.63, 3.8) is 0 Å². The van der Waals surface area contributed by atoms with Crippen molar-refractivity contribution in [2.45, 2.75) is 6.61 Å². The molecule has 0 aromatic heterocycles. The predicted octanol–water partition coefficient (Wildman–Crippen LogP) is 4.87. The van der Waals surface area contributed by atoms with Crippen LogP contribution in [0.2, 0.25) is 0 Å². The minimum absolute atomic E-state index is 0.252. The SMILES string of the molecule is Fc1cccc(COc2[c]ccc(-c3ccccc3)c2)c1. The van der Waals surface area contributed by atoms with Crippen molar-refractivity contribution in [2.24, 2.45) is 0 Å². The fourth-order valence-corrected chi connectivity index (χ4v) is 2.13. The van der Waals surface area contributed by atoms with Crippen molar-refractivity contribution in [3.05, 3.63) is 90.2 Å². The summed E-state index contributed by atoms with van der Waals surface area (Å²) in [6.45, 7) is 0.326. The molecule has 0 saturated heterocycles. The normalized spacial score (nSPS) is 10.3. The topological polar surface area (TPSA) is 9.23 Å². The van der Waals surface area contributed by atoms with E-state index in [0.29, 0.717) is 12.4 Å². The van der Waals surface area contributed by atoms with Crippen LogP contribution in [0.15, 0.2) is 72.8 Å². The Morgan fingerprint density at radius 1 is 0.857 bits per heavy atom. The molecule has 0 unspecified atom stereocenters. The van der Waals surface area contributed by atoms with Gasteiger partial charge in [0, 0.05) is 6.07 Å². The molecule has 0 bridgehead atoms. The lowest BCUT2D eigenvalue weighted by Gasteiger charge is -2.08. The summed E-state index contributed by atoms with van der Waals surface area (Å²) < 4.78 is 18.8. The van der Waals surface area contributed by atoms with Crippen LogP contribution in [0.3, 0.4) is 0 Å². The summed E-state index contributed by atoms with van der Waals surface area (Å²) in [4.78, 5) is 0. The Morgan fingerprint density at radius 3 is 2.52 bits per heavy atom. The standard InChI is InChI=1S/C19H14FO/c20-18-10-4-6-15(12-18)14-21-19-11-5-9-17(13-19)16-7-2-1-3-8-16/h1-10,12-13H,14H2. The Morgan fingerprint density at radius 2 is 1.71 bits per heavy atom. The molecule has 3 rings (SSSR count). The molecule has 103 valence electrons. The molecular formula is C19H14FO. The van der Waals surface area contributed by atoms with E-state index < -0.39 is 0 Å². The lowest BCUT2D eigenvalue weighted by Crippen LogP contribution is -1.96. The number of hydrogen-bond donors (Lipinski definition) is 0. The van der Waals surface area contributed by atoms with E-state index in [4.69, 9.17) is 4.74 Å². The molecule has 1 radical (unpaired) electrons. The van der Waals surface area contributed by atoms with Crippen molar-refractivity contribution < 1.29 is 9.13 Å². The predicted molar refractivity (Wildman–Crippen MR) is 81.4 cm³/mol. The van der Waals surface area contributed by atoms with Crippen molar-refractivity contribution in [2.75, 3.05) is 0 Å². The summed E-state index contributed by atoms with van der Waals surface area (Å²) in [5.41, 5.74) is 3.00. The highest BCUT2D eigenvalue weighted by molar-refractivity contribution is 5.64. The summed E-state index contributed by atoms with van der Waals surface area (Å²) in [7, 11) is 0. The monoisotopic (exact) mass is 277 g/mol. The molecule has 0 amide bonds. The fraction of sp³-hybridized carbons (Fsp3) is 0.0526. The number of benzene rings is 3. The summed E-state index contributed by atoms with van der Waals surface area (Å²) in [5, 5.41) is 0. The molecule has 2 heteroatoms. The van der Waals surface area contributed by atoms with Crippen LogP contribution in [0.5, 0.6) is 5.75 Å². The van der Waals surface area contributed by atoms with Crippen LogP contribution in [-0.2, 0) is 6.61 Å². The van der Waals surface area contributed by atoms with Crippen molar-refractivity contribution in [1.29, 1.82) is 0 Å². The third-order valence-corrected chi connectivity index (χ3v) is 3.17. The molecule has 0 fully saturated rings. The third kappa shape index (κ3) is 3.48. The third-order valence-electron chi connectivity index (χ3n) is 3.17. The Labute approximate surface area is 123 Å². The molecule has 0 heterocycles. The number of halogens is 1. The van der Waals surface area contributed by atoms with Gasteiger partial charge in [0.2, 0.25) is 0 Å². The van der Waals surface area contributed by atoms with Gasteiger partial charge in [0.25, 0.3) is 0 Å². The van der Waals surface area contributed by atoms with Gasteiger partial charge in [-0.1, -0.05) is 48.5 Å². The highest BCUT2D eigenvalue weighted by Crippen LogP contribution is 2.23. The van der Waals surface area contributed by atoms with E-state index in [-0.39, 0.29) is 5.82 Å². The summed E-state index contributed by atoms with van der Waals surface area (Å²) in [5.74, 6) is 0.402. The van der Waals surface area contributed by atoms with E-state index in [2.05, 4.69) is 6.07 Å². The molecule has 0 N–H and O–H groups in total. The molecular weight excluding hydrogens is 263 g/mol. The first-order valence-corrected chi connectivity index (χ1v) is 6.76. The van der Waals surface area contributed by atoms with E-state index in [1.54, 1.807) is 6.07 Å². The van der Waals surface area contributed by atoms with Gasteiger partial charge in [-0.15, -0.1) is 0 Å². The van der Waals surface area contributed by atoms with Gasteiger partial charge in [-0.3, -0.25) is 0 Å². The first-order chi connectivity index (χ1) is 10.3. The van der Waals surface area contributed by atoms with Crippen molar-refractivity contribution in [3.8, 4) is 16.9 Å². The Bertz CT molecular complexity index is 722. The van der Waals surface area contributed by atoms with Gasteiger partial charge >= 0.3 is 0 Å². The molecule has 0 saturated carbocycles. The molecule has 0 aliphatic rings. The molecule has 3 aromatic rings. The molecule has 1 nitrogen and oxygen atoms in total. The van der Waals surface area contributed by atoms with Gasteiger partial charge in [0.05, 0.1) is 0 Å². The molecule has 0 aliphatic carbocycles. The quantitative estimate of drug-likeness (QED) is 0.661. The Hall–Kier alpha value is -2.61. The maximum atomic E-state index is 13.1. The van der Waals surface area contributed by atoms with Gasteiger partial charge < -0.3 is 4.74 Å². The first-order valence-electron chi connectivity index (χ1n) is 6.76. The molecule has 3 aromatic carbocycles. The highest BCUT2D eigenvalue weighted by Gasteiger charge is 2.01. The zero-order chi connectivity index (χ0) is 14.5. The molecule has 0 spiro atoms. The van der Waals surface area contributed by atoms with E-state index in [1.807, 2.05) is 54.6 Å². The summed E-state index contributed by atoms with van der Waals surface area (Å²) in [6.07, 6.45) is 0. The lowest BCUT2D eigenvalue weighted by atomic mass is 10.1. The van der Waals surface area contributed by atoms with E-state index >= 15 is 0 Å². The van der Waals surface area contributed by atoms with Crippen LogP contribution in [0.4, 0.5) is 4.39 Å². The second-order valence-corrected chi connectivity index (χ2v) is 4.73. The number of rotatable bonds is 4. The van der Waals surface area contributed by atoms with Gasteiger partial charge in [-0.05, 0) is 41.0 Å². The second-order valence-electron chi connectivity index (χ2n) is 4.73. The largest absolute Gasteiger partial charge is 0.488 e. The van der Waals surface area contributed by atoms with E-state index in [1.165, 1.54) is 12.1 Å². The zero-order valence-electron chi connectivity index (χ0n) is 11.4. The minimum Gasteiger partial charge on any atom is -0.488 e. The molecule has 0 aliphatic heterocycles.